The summed E-state index contributed by atoms with van der Waals surface area (Å²) in [7, 11) is 0. The number of pyridine rings is 1. The Labute approximate surface area is 113 Å². The number of nitrogens with zero attached hydrogens (tertiary/aromatic N) is 3. The fourth-order valence-corrected chi connectivity index (χ4v) is 2.23. The molecule has 6 heteroatoms. The van der Waals surface area contributed by atoms with E-state index in [1.807, 2.05) is 12.1 Å². The molecule has 2 heterocycles. The van der Waals surface area contributed by atoms with Crippen LogP contribution in [-0.2, 0) is 0 Å². The van der Waals surface area contributed by atoms with Gasteiger partial charge in [0.15, 0.2) is 5.82 Å². The third-order valence-corrected chi connectivity index (χ3v) is 2.96. The van der Waals surface area contributed by atoms with E-state index in [0.717, 1.165) is 15.3 Å². The van der Waals surface area contributed by atoms with Gasteiger partial charge in [-0.15, -0.1) is 0 Å². The average Bonchev–Trinajstić information content (AvgIpc) is 2.64. The van der Waals surface area contributed by atoms with Crippen LogP contribution in [0.25, 0.3) is 11.5 Å². The lowest BCUT2D eigenvalue weighted by Gasteiger charge is -2.18. The van der Waals surface area contributed by atoms with Crippen LogP contribution in [0.3, 0.4) is 0 Å². The molecule has 0 amide bonds. The van der Waals surface area contributed by atoms with Gasteiger partial charge in [0.05, 0.1) is 0 Å². The third kappa shape index (κ3) is 3.47. The molecule has 0 spiro atoms. The smallest absolute Gasteiger partial charge is 0.203 e. The number of halogens is 1. The Kier molecular flexibility index (Phi) is 3.44. The van der Waals surface area contributed by atoms with Crippen LogP contribution in [-0.4, -0.2) is 19.9 Å². The summed E-state index contributed by atoms with van der Waals surface area (Å²) in [6.45, 7) is 6.27. The first kappa shape index (κ1) is 12.4. The van der Waals surface area contributed by atoms with E-state index in [0.29, 0.717) is 5.82 Å². The van der Waals surface area contributed by atoms with Crippen molar-refractivity contribution in [1.29, 1.82) is 0 Å². The molecule has 0 aliphatic heterocycles. The maximum Gasteiger partial charge on any atom is 0.203 e. The minimum absolute atomic E-state index is 0.00997. The molecule has 1 N–H and O–H groups in total. The number of hydrogen-bond acceptors (Lipinski definition) is 5. The van der Waals surface area contributed by atoms with Crippen LogP contribution in [0.15, 0.2) is 22.8 Å². The van der Waals surface area contributed by atoms with Crippen LogP contribution in [0.1, 0.15) is 20.8 Å². The first-order chi connectivity index (χ1) is 7.94. The topological polar surface area (TPSA) is 50.7 Å². The molecule has 2 aromatic rings. The molecular formula is C11H13BrN4S. The van der Waals surface area contributed by atoms with Crippen LogP contribution < -0.4 is 5.32 Å². The van der Waals surface area contributed by atoms with E-state index in [4.69, 9.17) is 0 Å². The molecule has 4 nitrogen and oxygen atoms in total. The van der Waals surface area contributed by atoms with Gasteiger partial charge in [-0.1, -0.05) is 0 Å². The molecule has 0 radical (unpaired) electrons. The van der Waals surface area contributed by atoms with E-state index in [9.17, 15) is 0 Å². The van der Waals surface area contributed by atoms with Crippen molar-refractivity contribution < 1.29 is 0 Å². The van der Waals surface area contributed by atoms with Crippen molar-refractivity contribution in [3.63, 3.8) is 0 Å². The Bertz CT molecular complexity index is 501. The molecule has 0 saturated carbocycles. The van der Waals surface area contributed by atoms with Crippen molar-refractivity contribution >= 4 is 32.6 Å². The first-order valence-electron chi connectivity index (χ1n) is 5.18. The van der Waals surface area contributed by atoms with Gasteiger partial charge in [-0.3, -0.25) is 4.98 Å². The van der Waals surface area contributed by atoms with E-state index < -0.39 is 0 Å². The molecule has 0 aliphatic carbocycles. The lowest BCUT2D eigenvalue weighted by molar-refractivity contribution is 0.633. The Hall–Kier alpha value is -1.01. The SMILES string of the molecule is CC(C)(C)Nc1nc(-c2ccc(Br)cn2)ns1. The first-order valence-corrected chi connectivity index (χ1v) is 6.74. The van der Waals surface area contributed by atoms with E-state index in [1.165, 1.54) is 11.5 Å². The Balaban J connectivity index is 2.21. The quantitative estimate of drug-likeness (QED) is 0.921. The predicted molar refractivity (Wildman–Crippen MR) is 74.2 cm³/mol. The summed E-state index contributed by atoms with van der Waals surface area (Å²) in [4.78, 5) is 8.68. The highest BCUT2D eigenvalue weighted by Crippen LogP contribution is 2.22. The van der Waals surface area contributed by atoms with Crippen molar-refractivity contribution in [2.45, 2.75) is 26.3 Å². The summed E-state index contributed by atoms with van der Waals surface area (Å²) < 4.78 is 5.24. The number of hydrogen-bond donors (Lipinski definition) is 1. The molecule has 0 aromatic carbocycles. The van der Waals surface area contributed by atoms with Crippen molar-refractivity contribution in [2.24, 2.45) is 0 Å². The van der Waals surface area contributed by atoms with Crippen LogP contribution in [0.5, 0.6) is 0 Å². The third-order valence-electron chi connectivity index (χ3n) is 1.86. The maximum atomic E-state index is 4.41. The lowest BCUT2D eigenvalue weighted by atomic mass is 10.1. The fourth-order valence-electron chi connectivity index (χ4n) is 1.21. The van der Waals surface area contributed by atoms with Crippen LogP contribution in [0.2, 0.25) is 0 Å². The Morgan fingerprint density at radius 3 is 2.65 bits per heavy atom. The van der Waals surface area contributed by atoms with Gasteiger partial charge in [0.25, 0.3) is 0 Å². The molecule has 90 valence electrons. The van der Waals surface area contributed by atoms with E-state index in [-0.39, 0.29) is 5.54 Å². The number of nitrogens with one attached hydrogen (secondary N) is 1. The van der Waals surface area contributed by atoms with Crippen LogP contribution >= 0.6 is 27.5 Å². The molecule has 0 atom stereocenters. The fraction of sp³-hybridized carbons (Fsp3) is 0.364. The summed E-state index contributed by atoms with van der Waals surface area (Å²) in [6.07, 6.45) is 1.74. The van der Waals surface area contributed by atoms with Crippen molar-refractivity contribution in [3.05, 3.63) is 22.8 Å². The van der Waals surface area contributed by atoms with Gasteiger partial charge in [0, 0.05) is 27.7 Å². The molecule has 2 rings (SSSR count). The normalized spacial score (nSPS) is 11.5. The van der Waals surface area contributed by atoms with Gasteiger partial charge in [-0.2, -0.15) is 9.36 Å². The monoisotopic (exact) mass is 312 g/mol. The average molecular weight is 313 g/mol. The predicted octanol–water partition coefficient (Wildman–Crippen LogP) is 3.57. The van der Waals surface area contributed by atoms with Gasteiger partial charge in [-0.25, -0.2) is 0 Å². The second-order valence-electron chi connectivity index (χ2n) is 4.66. The van der Waals surface area contributed by atoms with Crippen molar-refractivity contribution in [1.82, 2.24) is 14.3 Å². The van der Waals surface area contributed by atoms with Gasteiger partial charge in [0.1, 0.15) is 5.69 Å². The summed E-state index contributed by atoms with van der Waals surface area (Å²) in [5.41, 5.74) is 0.774. The molecular weight excluding hydrogens is 300 g/mol. The minimum atomic E-state index is -0.00997. The molecule has 0 unspecified atom stereocenters. The Morgan fingerprint density at radius 1 is 1.29 bits per heavy atom. The van der Waals surface area contributed by atoms with Crippen LogP contribution in [0, 0.1) is 0 Å². The summed E-state index contributed by atoms with van der Waals surface area (Å²) >= 11 is 4.70. The molecule has 0 fully saturated rings. The van der Waals surface area contributed by atoms with Crippen LogP contribution in [0.4, 0.5) is 5.13 Å². The zero-order chi connectivity index (χ0) is 12.5. The summed E-state index contributed by atoms with van der Waals surface area (Å²) in [6, 6.07) is 3.83. The number of rotatable bonds is 2. The van der Waals surface area contributed by atoms with Gasteiger partial charge in [0.2, 0.25) is 5.13 Å². The number of aromatic nitrogens is 3. The highest BCUT2D eigenvalue weighted by Gasteiger charge is 2.13. The second-order valence-corrected chi connectivity index (χ2v) is 6.33. The van der Waals surface area contributed by atoms with Gasteiger partial charge < -0.3 is 5.32 Å². The van der Waals surface area contributed by atoms with Gasteiger partial charge >= 0.3 is 0 Å². The molecule has 0 saturated heterocycles. The highest BCUT2D eigenvalue weighted by atomic mass is 79.9. The highest BCUT2D eigenvalue weighted by molar-refractivity contribution is 9.10. The van der Waals surface area contributed by atoms with E-state index >= 15 is 0 Å². The van der Waals surface area contributed by atoms with Gasteiger partial charge in [-0.05, 0) is 48.8 Å². The van der Waals surface area contributed by atoms with E-state index in [1.54, 1.807) is 6.20 Å². The standard InChI is InChI=1S/C11H13BrN4S/c1-11(2,3)15-10-14-9(16-17-10)8-5-4-7(12)6-13-8/h4-6H,1-3H3,(H,14,15,16). The molecule has 17 heavy (non-hydrogen) atoms. The number of anilines is 1. The molecule has 0 bridgehead atoms. The summed E-state index contributed by atoms with van der Waals surface area (Å²) in [5.74, 6) is 0.661. The summed E-state index contributed by atoms with van der Waals surface area (Å²) in [5, 5.41) is 4.11. The molecule has 2 aromatic heterocycles. The second kappa shape index (κ2) is 4.70. The zero-order valence-electron chi connectivity index (χ0n) is 9.86. The van der Waals surface area contributed by atoms with Crippen molar-refractivity contribution in [3.8, 4) is 11.5 Å². The minimum Gasteiger partial charge on any atom is -0.356 e. The Morgan fingerprint density at radius 2 is 2.06 bits per heavy atom. The lowest BCUT2D eigenvalue weighted by Crippen LogP contribution is -2.25. The zero-order valence-corrected chi connectivity index (χ0v) is 12.3. The molecule has 0 aliphatic rings. The van der Waals surface area contributed by atoms with Crippen molar-refractivity contribution in [2.75, 3.05) is 5.32 Å². The van der Waals surface area contributed by atoms with E-state index in [2.05, 4.69) is 56.4 Å². The largest absolute Gasteiger partial charge is 0.356 e. The maximum absolute atomic E-state index is 4.41.